The monoisotopic (exact) mass is 360 g/mol. The average molecular weight is 361 g/mol. The summed E-state index contributed by atoms with van der Waals surface area (Å²) in [5.41, 5.74) is 0.116. The summed E-state index contributed by atoms with van der Waals surface area (Å²) < 4.78 is 37.8. The Hall–Kier alpha value is -2.55. The molecule has 0 saturated carbocycles. The smallest absolute Gasteiger partial charge is 0.420 e. The molecule has 3 N–H and O–H groups in total. The molecule has 1 amide bonds. The normalized spacial score (nSPS) is 12.5. The Bertz CT molecular complexity index is 738. The van der Waals surface area contributed by atoms with E-state index in [1.54, 1.807) is 31.2 Å². The molecule has 0 saturated heterocycles. The Morgan fingerprint density at radius 1 is 1.29 bits per heavy atom. The number of anilines is 2. The van der Waals surface area contributed by atoms with E-state index in [2.05, 4.69) is 20.6 Å². The quantitative estimate of drug-likeness (QED) is 0.710. The molecule has 2 aromatic rings. The van der Waals surface area contributed by atoms with Crippen LogP contribution in [0.25, 0.3) is 0 Å². The first-order chi connectivity index (χ1) is 11.2. The molecule has 0 spiro atoms. The van der Waals surface area contributed by atoms with Crippen LogP contribution in [0.1, 0.15) is 24.1 Å². The number of hydrogen-bond donors (Lipinski definition) is 3. The van der Waals surface area contributed by atoms with E-state index in [0.29, 0.717) is 17.4 Å². The molecule has 128 valence electrons. The summed E-state index contributed by atoms with van der Waals surface area (Å²) >= 11 is 5.52. The maximum atomic E-state index is 12.6. The molecule has 0 aliphatic heterocycles. The van der Waals surface area contributed by atoms with E-state index in [1.165, 1.54) is 0 Å². The minimum atomic E-state index is -4.62. The first kappa shape index (κ1) is 17.8. The van der Waals surface area contributed by atoms with Crippen molar-refractivity contribution >= 4 is 29.3 Å². The first-order valence-corrected chi connectivity index (χ1v) is 7.01. The van der Waals surface area contributed by atoms with E-state index >= 15 is 0 Å². The molecule has 0 bridgehead atoms. The number of nitrogens with one attached hydrogen (secondary N) is 2. The lowest BCUT2D eigenvalue weighted by molar-refractivity contribution is -0.137. The highest BCUT2D eigenvalue weighted by atomic mass is 35.5. The highest BCUT2D eigenvalue weighted by Gasteiger charge is 2.34. The zero-order valence-corrected chi connectivity index (χ0v) is 13.0. The van der Waals surface area contributed by atoms with Crippen LogP contribution < -0.4 is 10.6 Å². The SMILES string of the molecule is CC(NC(=O)O)c1ccc(Nc2ncc(C(F)(F)F)c(Cl)n2)cc1. The average Bonchev–Trinajstić information content (AvgIpc) is 2.46. The van der Waals surface area contributed by atoms with Crippen LogP contribution in [0, 0.1) is 0 Å². The van der Waals surface area contributed by atoms with E-state index in [9.17, 15) is 18.0 Å². The zero-order chi connectivity index (χ0) is 17.9. The van der Waals surface area contributed by atoms with Gasteiger partial charge in [-0.25, -0.2) is 14.8 Å². The molecular weight excluding hydrogens is 349 g/mol. The Kier molecular flexibility index (Phi) is 5.13. The third-order valence-electron chi connectivity index (χ3n) is 3.05. The summed E-state index contributed by atoms with van der Waals surface area (Å²) in [7, 11) is 0. The lowest BCUT2D eigenvalue weighted by Gasteiger charge is -2.13. The number of halogens is 4. The molecule has 10 heteroatoms. The van der Waals surface area contributed by atoms with Crippen molar-refractivity contribution in [2.45, 2.75) is 19.1 Å². The van der Waals surface area contributed by atoms with Crippen LogP contribution in [0.4, 0.5) is 29.6 Å². The summed E-state index contributed by atoms with van der Waals surface area (Å²) in [4.78, 5) is 17.7. The molecule has 0 aliphatic rings. The molecule has 1 aromatic heterocycles. The number of carboxylic acid groups (broad SMARTS) is 1. The van der Waals surface area contributed by atoms with Crippen molar-refractivity contribution in [2.24, 2.45) is 0 Å². The van der Waals surface area contributed by atoms with Gasteiger partial charge in [0.05, 0.1) is 6.04 Å². The summed E-state index contributed by atoms with van der Waals surface area (Å²) in [6.07, 6.45) is -5.16. The highest BCUT2D eigenvalue weighted by molar-refractivity contribution is 6.30. The Morgan fingerprint density at radius 3 is 2.42 bits per heavy atom. The van der Waals surface area contributed by atoms with Crippen molar-refractivity contribution in [3.63, 3.8) is 0 Å². The number of nitrogens with zero attached hydrogens (tertiary/aromatic N) is 2. The van der Waals surface area contributed by atoms with E-state index in [-0.39, 0.29) is 5.95 Å². The van der Waals surface area contributed by atoms with Crippen molar-refractivity contribution in [2.75, 3.05) is 5.32 Å². The van der Waals surface area contributed by atoms with Gasteiger partial charge in [0.2, 0.25) is 5.95 Å². The molecule has 1 unspecified atom stereocenters. The molecule has 2 rings (SSSR count). The van der Waals surface area contributed by atoms with Crippen LogP contribution in [-0.4, -0.2) is 21.2 Å². The van der Waals surface area contributed by atoms with Gasteiger partial charge in [0.1, 0.15) is 10.7 Å². The first-order valence-electron chi connectivity index (χ1n) is 6.63. The molecule has 0 aliphatic carbocycles. The van der Waals surface area contributed by atoms with Crippen LogP contribution >= 0.6 is 11.6 Å². The van der Waals surface area contributed by atoms with E-state index in [4.69, 9.17) is 16.7 Å². The predicted octanol–water partition coefficient (Wildman–Crippen LogP) is 4.22. The molecule has 24 heavy (non-hydrogen) atoms. The van der Waals surface area contributed by atoms with E-state index in [0.717, 1.165) is 0 Å². The molecular formula is C14H12ClF3N4O2. The number of benzene rings is 1. The number of aromatic nitrogens is 2. The van der Waals surface area contributed by atoms with Gasteiger partial charge in [0.25, 0.3) is 0 Å². The molecule has 6 nitrogen and oxygen atoms in total. The largest absolute Gasteiger partial charge is 0.465 e. The van der Waals surface area contributed by atoms with Gasteiger partial charge in [0, 0.05) is 11.9 Å². The van der Waals surface area contributed by atoms with Crippen molar-refractivity contribution in [1.29, 1.82) is 0 Å². The topological polar surface area (TPSA) is 87.1 Å². The fourth-order valence-corrected chi connectivity index (χ4v) is 2.10. The van der Waals surface area contributed by atoms with Gasteiger partial charge >= 0.3 is 12.3 Å². The predicted molar refractivity (Wildman–Crippen MR) is 81.3 cm³/mol. The van der Waals surface area contributed by atoms with E-state index < -0.39 is 29.0 Å². The molecule has 1 aromatic carbocycles. The Labute approximate surface area is 139 Å². The third kappa shape index (κ3) is 4.48. The van der Waals surface area contributed by atoms with Crippen LogP contribution in [0.3, 0.4) is 0 Å². The summed E-state index contributed by atoms with van der Waals surface area (Å²) in [5.74, 6) is -0.0857. The maximum Gasteiger partial charge on any atom is 0.420 e. The fraction of sp³-hybridized carbons (Fsp3) is 0.214. The lowest BCUT2D eigenvalue weighted by Crippen LogP contribution is -2.24. The zero-order valence-electron chi connectivity index (χ0n) is 12.2. The van der Waals surface area contributed by atoms with Gasteiger partial charge in [-0.3, -0.25) is 0 Å². The fourth-order valence-electron chi connectivity index (χ4n) is 1.86. The van der Waals surface area contributed by atoms with Crippen molar-refractivity contribution in [3.05, 3.63) is 46.7 Å². The lowest BCUT2D eigenvalue weighted by atomic mass is 10.1. The molecule has 1 atom stereocenters. The number of alkyl halides is 3. The summed E-state index contributed by atoms with van der Waals surface area (Å²) in [6, 6.07) is 6.14. The number of hydrogen-bond acceptors (Lipinski definition) is 4. The molecule has 1 heterocycles. The van der Waals surface area contributed by atoms with Crippen molar-refractivity contribution in [3.8, 4) is 0 Å². The van der Waals surface area contributed by atoms with Crippen LogP contribution in [0.15, 0.2) is 30.5 Å². The summed E-state index contributed by atoms with van der Waals surface area (Å²) in [5, 5.41) is 13.0. The van der Waals surface area contributed by atoms with Gasteiger partial charge in [-0.05, 0) is 24.6 Å². The minimum Gasteiger partial charge on any atom is -0.465 e. The van der Waals surface area contributed by atoms with Crippen LogP contribution in [0.5, 0.6) is 0 Å². The van der Waals surface area contributed by atoms with Gasteiger partial charge in [-0.15, -0.1) is 0 Å². The standard InChI is InChI=1S/C14H12ClF3N4O2/c1-7(20-13(23)24)8-2-4-9(5-3-8)21-12-19-6-10(11(15)22-12)14(16,17)18/h2-7,20H,1H3,(H,23,24)(H,19,21,22). The Balaban J connectivity index is 2.12. The van der Waals surface area contributed by atoms with Crippen molar-refractivity contribution < 1.29 is 23.1 Å². The maximum absolute atomic E-state index is 12.6. The number of carbonyl (C=O) groups is 1. The molecule has 0 fully saturated rings. The second-order valence-corrected chi connectivity index (χ2v) is 5.17. The van der Waals surface area contributed by atoms with Crippen molar-refractivity contribution in [1.82, 2.24) is 15.3 Å². The second-order valence-electron chi connectivity index (χ2n) is 4.81. The number of amides is 1. The second kappa shape index (κ2) is 6.91. The Morgan fingerprint density at radius 2 is 1.92 bits per heavy atom. The van der Waals surface area contributed by atoms with Crippen LogP contribution in [-0.2, 0) is 6.18 Å². The third-order valence-corrected chi connectivity index (χ3v) is 3.34. The van der Waals surface area contributed by atoms with Gasteiger partial charge in [0.15, 0.2) is 0 Å². The van der Waals surface area contributed by atoms with E-state index in [1.807, 2.05) is 0 Å². The number of rotatable bonds is 4. The van der Waals surface area contributed by atoms with Gasteiger partial charge < -0.3 is 15.7 Å². The minimum absolute atomic E-state index is 0.0857. The molecule has 0 radical (unpaired) electrons. The summed E-state index contributed by atoms with van der Waals surface area (Å²) in [6.45, 7) is 1.68. The van der Waals surface area contributed by atoms with Gasteiger partial charge in [-0.1, -0.05) is 23.7 Å². The van der Waals surface area contributed by atoms with Crippen LogP contribution in [0.2, 0.25) is 5.15 Å². The highest BCUT2D eigenvalue weighted by Crippen LogP contribution is 2.33. The van der Waals surface area contributed by atoms with Gasteiger partial charge in [-0.2, -0.15) is 13.2 Å².